The molecule has 4 heteroatoms. The summed E-state index contributed by atoms with van der Waals surface area (Å²) < 4.78 is 1.84. The van der Waals surface area contributed by atoms with Crippen LogP contribution in [-0.4, -0.2) is 15.7 Å². The summed E-state index contributed by atoms with van der Waals surface area (Å²) >= 11 is 0. The molecule has 1 aromatic rings. The van der Waals surface area contributed by atoms with Crippen molar-refractivity contribution in [2.75, 3.05) is 0 Å². The Hall–Kier alpha value is -1.32. The van der Waals surface area contributed by atoms with Gasteiger partial charge in [-0.25, -0.2) is 0 Å². The molecule has 0 fully saturated rings. The third kappa shape index (κ3) is 1.22. The quantitative estimate of drug-likeness (QED) is 0.642. The molecular weight excluding hydrogens is 166 g/mol. The van der Waals surface area contributed by atoms with Gasteiger partial charge in [0.25, 0.3) is 5.91 Å². The molecule has 2 rings (SSSR count). The number of fused-ring (bicyclic) bond motifs is 1. The Morgan fingerprint density at radius 3 is 2.77 bits per heavy atom. The van der Waals surface area contributed by atoms with Crippen LogP contribution in [0.25, 0.3) is 0 Å². The van der Waals surface area contributed by atoms with Gasteiger partial charge in [0.2, 0.25) is 0 Å². The molecule has 0 radical (unpaired) electrons. The molecule has 0 atom stereocenters. The van der Waals surface area contributed by atoms with Gasteiger partial charge in [-0.3, -0.25) is 9.48 Å². The zero-order chi connectivity index (χ0) is 9.64. The minimum atomic E-state index is -0.0574. The average molecular weight is 179 g/mol. The van der Waals surface area contributed by atoms with Crippen LogP contribution in [-0.2, 0) is 12.1 Å². The van der Waals surface area contributed by atoms with Crippen LogP contribution >= 0.6 is 0 Å². The van der Waals surface area contributed by atoms with E-state index < -0.39 is 0 Å². The van der Waals surface area contributed by atoms with E-state index in [0.29, 0.717) is 12.2 Å². The molecule has 70 valence electrons. The normalized spacial score (nSPS) is 15.8. The van der Waals surface area contributed by atoms with Gasteiger partial charge in [-0.1, -0.05) is 0 Å². The molecule has 2 heterocycles. The molecule has 0 bridgehead atoms. The molecule has 0 unspecified atom stereocenters. The fourth-order valence-electron chi connectivity index (χ4n) is 1.33. The van der Waals surface area contributed by atoms with Gasteiger partial charge in [0.15, 0.2) is 5.69 Å². The van der Waals surface area contributed by atoms with Crippen LogP contribution in [0.1, 0.15) is 36.8 Å². The van der Waals surface area contributed by atoms with Gasteiger partial charge >= 0.3 is 0 Å². The van der Waals surface area contributed by atoms with E-state index in [9.17, 15) is 4.79 Å². The van der Waals surface area contributed by atoms with Crippen molar-refractivity contribution < 1.29 is 4.79 Å². The zero-order valence-corrected chi connectivity index (χ0v) is 8.09. The summed E-state index contributed by atoms with van der Waals surface area (Å²) in [6.07, 6.45) is 1.94. The number of amides is 1. The number of aromatic nitrogens is 2. The summed E-state index contributed by atoms with van der Waals surface area (Å²) in [7, 11) is 0. The lowest BCUT2D eigenvalue weighted by molar-refractivity contribution is 0.0959. The topological polar surface area (TPSA) is 46.9 Å². The van der Waals surface area contributed by atoms with Gasteiger partial charge in [-0.05, 0) is 20.8 Å². The van der Waals surface area contributed by atoms with Gasteiger partial charge in [-0.15, -0.1) is 0 Å². The van der Waals surface area contributed by atoms with Crippen LogP contribution in [0.4, 0.5) is 0 Å². The summed E-state index contributed by atoms with van der Waals surface area (Å²) in [4.78, 5) is 11.2. The number of rotatable bonds is 0. The lowest BCUT2D eigenvalue weighted by Crippen LogP contribution is -2.24. The second kappa shape index (κ2) is 2.34. The summed E-state index contributed by atoms with van der Waals surface area (Å²) in [6, 6.07) is 0. The second-order valence-corrected chi connectivity index (χ2v) is 4.30. The first kappa shape index (κ1) is 8.29. The highest BCUT2D eigenvalue weighted by Gasteiger charge is 2.25. The maximum absolute atomic E-state index is 11.2. The smallest absolute Gasteiger partial charge is 0.272 e. The van der Waals surface area contributed by atoms with Crippen molar-refractivity contribution >= 4 is 5.91 Å². The summed E-state index contributed by atoms with van der Waals surface area (Å²) in [5.41, 5.74) is 1.53. The van der Waals surface area contributed by atoms with E-state index in [4.69, 9.17) is 0 Å². The Morgan fingerprint density at radius 1 is 1.54 bits per heavy atom. The van der Waals surface area contributed by atoms with Crippen molar-refractivity contribution in [1.82, 2.24) is 15.1 Å². The van der Waals surface area contributed by atoms with Gasteiger partial charge in [0, 0.05) is 18.3 Å². The second-order valence-electron chi connectivity index (χ2n) is 4.30. The molecule has 1 aromatic heterocycles. The highest BCUT2D eigenvalue weighted by Crippen LogP contribution is 2.19. The van der Waals surface area contributed by atoms with E-state index in [1.165, 1.54) is 0 Å². The molecule has 0 saturated carbocycles. The van der Waals surface area contributed by atoms with Crippen LogP contribution in [0, 0.1) is 0 Å². The lowest BCUT2D eigenvalue weighted by Gasteiger charge is -2.19. The van der Waals surface area contributed by atoms with Crippen LogP contribution in [0.5, 0.6) is 0 Å². The van der Waals surface area contributed by atoms with E-state index in [2.05, 4.69) is 31.2 Å². The van der Waals surface area contributed by atoms with Crippen molar-refractivity contribution in [2.24, 2.45) is 0 Å². The van der Waals surface area contributed by atoms with Crippen molar-refractivity contribution in [2.45, 2.75) is 32.9 Å². The summed E-state index contributed by atoms with van der Waals surface area (Å²) in [6.45, 7) is 6.80. The predicted octanol–water partition coefficient (Wildman–Crippen LogP) is 0.881. The van der Waals surface area contributed by atoms with Gasteiger partial charge < -0.3 is 5.32 Å². The number of carbonyl (C=O) groups excluding carboxylic acids is 1. The molecule has 0 aromatic carbocycles. The Morgan fingerprint density at radius 2 is 2.23 bits per heavy atom. The van der Waals surface area contributed by atoms with Crippen LogP contribution in [0.2, 0.25) is 0 Å². The van der Waals surface area contributed by atoms with E-state index in [-0.39, 0.29) is 11.4 Å². The number of nitrogens with one attached hydrogen (secondary N) is 1. The van der Waals surface area contributed by atoms with Crippen LogP contribution < -0.4 is 5.32 Å². The SMILES string of the molecule is CC(C)(C)n1cc2c(n1)C(=O)NC2. The van der Waals surface area contributed by atoms with Crippen LogP contribution in [0.3, 0.4) is 0 Å². The average Bonchev–Trinajstić information content (AvgIpc) is 2.51. The lowest BCUT2D eigenvalue weighted by atomic mass is 10.1. The predicted molar refractivity (Wildman–Crippen MR) is 48.4 cm³/mol. The third-order valence-electron chi connectivity index (χ3n) is 2.13. The molecule has 0 saturated heterocycles. The summed E-state index contributed by atoms with van der Waals surface area (Å²) in [5.74, 6) is -0.0574. The molecule has 13 heavy (non-hydrogen) atoms. The van der Waals surface area contributed by atoms with Crippen LogP contribution in [0.15, 0.2) is 6.20 Å². The first-order valence-corrected chi connectivity index (χ1v) is 4.36. The molecule has 0 aliphatic carbocycles. The van der Waals surface area contributed by atoms with E-state index in [1.807, 2.05) is 10.9 Å². The molecular formula is C9H13N3O. The van der Waals surface area contributed by atoms with Crippen molar-refractivity contribution in [1.29, 1.82) is 0 Å². The van der Waals surface area contributed by atoms with Crippen molar-refractivity contribution in [3.05, 3.63) is 17.5 Å². The maximum Gasteiger partial charge on any atom is 0.272 e. The molecule has 1 aliphatic rings. The molecule has 1 N–H and O–H groups in total. The number of nitrogens with zero attached hydrogens (tertiary/aromatic N) is 2. The number of carbonyl (C=O) groups is 1. The first-order chi connectivity index (χ1) is 5.98. The Labute approximate surface area is 76.9 Å². The van der Waals surface area contributed by atoms with Crippen molar-refractivity contribution in [3.63, 3.8) is 0 Å². The Balaban J connectivity index is 2.45. The minimum Gasteiger partial charge on any atom is -0.346 e. The van der Waals surface area contributed by atoms with E-state index in [1.54, 1.807) is 0 Å². The van der Waals surface area contributed by atoms with Gasteiger partial charge in [0.1, 0.15) is 0 Å². The summed E-state index contributed by atoms with van der Waals surface area (Å²) in [5, 5.41) is 6.98. The van der Waals surface area contributed by atoms with Crippen molar-refractivity contribution in [3.8, 4) is 0 Å². The number of hydrogen-bond acceptors (Lipinski definition) is 2. The van der Waals surface area contributed by atoms with Gasteiger partial charge in [0.05, 0.1) is 5.54 Å². The Kier molecular flexibility index (Phi) is 1.49. The fraction of sp³-hybridized carbons (Fsp3) is 0.556. The third-order valence-corrected chi connectivity index (χ3v) is 2.13. The number of hydrogen-bond donors (Lipinski definition) is 1. The highest BCUT2D eigenvalue weighted by atomic mass is 16.2. The maximum atomic E-state index is 11.2. The minimum absolute atomic E-state index is 0.0510. The highest BCUT2D eigenvalue weighted by molar-refractivity contribution is 5.96. The standard InChI is InChI=1S/C9H13N3O/c1-9(2,3)12-5-6-4-10-8(13)7(6)11-12/h5H,4H2,1-3H3,(H,10,13). The van der Waals surface area contributed by atoms with E-state index >= 15 is 0 Å². The molecule has 4 nitrogen and oxygen atoms in total. The monoisotopic (exact) mass is 179 g/mol. The van der Waals surface area contributed by atoms with Gasteiger partial charge in [-0.2, -0.15) is 5.10 Å². The van der Waals surface area contributed by atoms with E-state index in [0.717, 1.165) is 5.56 Å². The zero-order valence-electron chi connectivity index (χ0n) is 8.09. The fourth-order valence-corrected chi connectivity index (χ4v) is 1.33. The molecule has 0 spiro atoms. The Bertz CT molecular complexity index is 359. The molecule has 1 aliphatic heterocycles. The molecule has 1 amide bonds. The largest absolute Gasteiger partial charge is 0.346 e. The first-order valence-electron chi connectivity index (χ1n) is 4.36.